The van der Waals surface area contributed by atoms with Crippen molar-refractivity contribution >= 4 is 22.2 Å². The van der Waals surface area contributed by atoms with Gasteiger partial charge < -0.3 is 39.0 Å². The Morgan fingerprint density at radius 1 is 1.02 bits per heavy atom. The maximum atomic E-state index is 13.8. The molecule has 6 atom stereocenters. The van der Waals surface area contributed by atoms with Gasteiger partial charge in [0, 0.05) is 20.1 Å². The van der Waals surface area contributed by atoms with E-state index in [4.69, 9.17) is 23.7 Å². The summed E-state index contributed by atoms with van der Waals surface area (Å²) in [5, 5.41) is 14.4. The number of nitrogens with zero attached hydrogens (tertiary/aromatic N) is 2. The Hall–Kier alpha value is -3.43. The molecule has 0 unspecified atom stereocenters. The zero-order valence-electron chi connectivity index (χ0n) is 28.7. The summed E-state index contributed by atoms with van der Waals surface area (Å²) < 4.78 is 56.8. The highest BCUT2D eigenvalue weighted by Crippen LogP contribution is 2.36. The predicted octanol–water partition coefficient (Wildman–Crippen LogP) is 3.65. The monoisotopic (exact) mass is 691 g/mol. The molecule has 4 rings (SSSR count). The first-order valence-corrected chi connectivity index (χ1v) is 17.6. The minimum atomic E-state index is -4.01. The van der Waals surface area contributed by atoms with Crippen LogP contribution >= 0.6 is 0 Å². The number of aliphatic hydroxyl groups is 1. The van der Waals surface area contributed by atoms with Gasteiger partial charge in [-0.3, -0.25) is 0 Å². The third-order valence-electron chi connectivity index (χ3n) is 8.20. The molecule has 0 spiro atoms. The molecule has 2 aromatic carbocycles. The van der Waals surface area contributed by atoms with Crippen LogP contribution in [0.2, 0.25) is 0 Å². The van der Waals surface area contributed by atoms with Crippen LogP contribution in [0.25, 0.3) is 0 Å². The smallest absolute Gasteiger partial charge is 0.410 e. The van der Waals surface area contributed by atoms with Crippen molar-refractivity contribution in [2.24, 2.45) is 11.8 Å². The fraction of sp³-hybridized carbons (Fsp3) is 0.588. The van der Waals surface area contributed by atoms with Gasteiger partial charge in [0.05, 0.1) is 49.3 Å². The average molecular weight is 692 g/mol. The number of likely N-dealkylation sites (N-methyl/N-ethyl adjacent to an activating group) is 1. The highest BCUT2D eigenvalue weighted by molar-refractivity contribution is 7.89. The molecule has 2 amide bonds. The third-order valence-corrected chi connectivity index (χ3v) is 10.0. The Morgan fingerprint density at radius 3 is 2.27 bits per heavy atom. The summed E-state index contributed by atoms with van der Waals surface area (Å²) in [6.45, 7) is 9.19. The highest BCUT2D eigenvalue weighted by atomic mass is 32.2. The van der Waals surface area contributed by atoms with E-state index in [0.717, 1.165) is 5.56 Å². The quantitative estimate of drug-likeness (QED) is 0.318. The van der Waals surface area contributed by atoms with Crippen LogP contribution in [0.5, 0.6) is 5.75 Å². The Morgan fingerprint density at radius 2 is 1.67 bits per heavy atom. The minimum Gasteiger partial charge on any atom is -0.497 e. The molecule has 2 saturated heterocycles. The molecule has 2 heterocycles. The molecule has 13 nitrogen and oxygen atoms in total. The van der Waals surface area contributed by atoms with Crippen LogP contribution in [0, 0.1) is 11.8 Å². The van der Waals surface area contributed by atoms with Crippen LogP contribution in [0.3, 0.4) is 0 Å². The Bertz CT molecular complexity index is 1470. The van der Waals surface area contributed by atoms with Crippen LogP contribution in [0.15, 0.2) is 59.5 Å². The number of amides is 2. The van der Waals surface area contributed by atoms with Crippen molar-refractivity contribution in [1.82, 2.24) is 14.5 Å². The number of rotatable bonds is 13. The third kappa shape index (κ3) is 9.59. The summed E-state index contributed by atoms with van der Waals surface area (Å²) in [4.78, 5) is 27.7. The topological polar surface area (TPSA) is 153 Å². The summed E-state index contributed by atoms with van der Waals surface area (Å²) in [7, 11) is -0.909. The van der Waals surface area contributed by atoms with E-state index in [1.807, 2.05) is 44.2 Å². The summed E-state index contributed by atoms with van der Waals surface area (Å²) in [5.74, 6) is -0.00523. The fourth-order valence-corrected chi connectivity index (χ4v) is 7.44. The van der Waals surface area contributed by atoms with E-state index in [1.165, 1.54) is 28.4 Å². The average Bonchev–Trinajstić information content (AvgIpc) is 3.62. The van der Waals surface area contributed by atoms with Gasteiger partial charge in [-0.25, -0.2) is 18.0 Å². The number of fused-ring (bicyclic) bond motifs is 1. The van der Waals surface area contributed by atoms with Crippen molar-refractivity contribution in [2.45, 2.75) is 82.1 Å². The van der Waals surface area contributed by atoms with Crippen molar-refractivity contribution in [3.63, 3.8) is 0 Å². The molecule has 0 radical (unpaired) electrons. The molecule has 2 N–H and O–H groups in total. The lowest BCUT2D eigenvalue weighted by atomic mass is 9.97. The number of sulfonamides is 1. The number of benzene rings is 2. The summed E-state index contributed by atoms with van der Waals surface area (Å²) in [6.07, 6.45) is -3.88. The van der Waals surface area contributed by atoms with E-state index in [-0.39, 0.29) is 43.5 Å². The summed E-state index contributed by atoms with van der Waals surface area (Å²) >= 11 is 0. The lowest BCUT2D eigenvalue weighted by Crippen LogP contribution is -2.52. The van der Waals surface area contributed by atoms with Crippen molar-refractivity contribution in [3.05, 3.63) is 60.2 Å². The molecular formula is C34H49N3O10S. The molecule has 0 saturated carbocycles. The van der Waals surface area contributed by atoms with Gasteiger partial charge >= 0.3 is 12.2 Å². The normalized spacial score (nSPS) is 22.2. The number of hydrogen-bond acceptors (Lipinski definition) is 10. The number of alkyl carbamates (subject to hydrolysis) is 1. The molecule has 48 heavy (non-hydrogen) atoms. The Kier molecular flexibility index (Phi) is 12.3. The van der Waals surface area contributed by atoms with Crippen LogP contribution in [0.1, 0.15) is 40.2 Å². The van der Waals surface area contributed by atoms with E-state index in [0.29, 0.717) is 5.75 Å². The molecule has 14 heteroatoms. The number of hydrogen-bond donors (Lipinski definition) is 2. The lowest BCUT2D eigenvalue weighted by molar-refractivity contribution is -0.0909. The molecule has 2 aliphatic rings. The van der Waals surface area contributed by atoms with Gasteiger partial charge in [0.15, 0.2) is 6.29 Å². The molecule has 266 valence electrons. The second kappa shape index (κ2) is 15.9. The Labute approximate surface area is 283 Å². The molecular weight excluding hydrogens is 642 g/mol. The van der Waals surface area contributed by atoms with Gasteiger partial charge in [-0.1, -0.05) is 44.2 Å². The van der Waals surface area contributed by atoms with Crippen molar-refractivity contribution < 1.29 is 46.8 Å². The number of nitrogens with one attached hydrogen (secondary N) is 1. The first-order chi connectivity index (χ1) is 22.6. The largest absolute Gasteiger partial charge is 0.497 e. The van der Waals surface area contributed by atoms with Crippen molar-refractivity contribution in [3.8, 4) is 5.75 Å². The predicted molar refractivity (Wildman–Crippen MR) is 177 cm³/mol. The number of ether oxygens (including phenoxy) is 5. The van der Waals surface area contributed by atoms with Gasteiger partial charge in [-0.15, -0.1) is 0 Å². The maximum Gasteiger partial charge on any atom is 0.410 e. The lowest BCUT2D eigenvalue weighted by Gasteiger charge is -2.32. The van der Waals surface area contributed by atoms with Crippen molar-refractivity contribution in [1.29, 1.82) is 0 Å². The summed E-state index contributed by atoms with van der Waals surface area (Å²) in [5.41, 5.74) is 0.127. The standard InChI is InChI=1S/C34H49N3O10S/c1-22(2)18-37(48(41,42)25-15-13-24(43-7)14-16-25)19-28(38)26(17-23-11-9-8-10-12-23)35-32(39)46-29-21-45-31-30(29)27(20-44-31)36(6)33(40)47-34(3,4)5/h8-16,22,26-31,38H,17-21H2,1-7H3,(H,35,39)/t26-,27-,28+,29-,30-,31+/m0/s1. The highest BCUT2D eigenvalue weighted by Gasteiger charge is 2.52. The fourth-order valence-electron chi connectivity index (χ4n) is 5.82. The number of methoxy groups -OCH3 is 1. The second-order valence-corrected chi connectivity index (χ2v) is 15.6. The van der Waals surface area contributed by atoms with E-state index in [9.17, 15) is 23.1 Å². The SMILES string of the molecule is COc1ccc(S(=O)(=O)N(CC(C)C)C[C@@H](O)[C@H](Cc2ccccc2)NC(=O)O[C@H]2CO[C@H]3OC[C@H](N(C)C(=O)OC(C)(C)C)[C@H]32)cc1. The van der Waals surface area contributed by atoms with Crippen LogP contribution in [0.4, 0.5) is 9.59 Å². The maximum absolute atomic E-state index is 13.8. The minimum absolute atomic E-state index is 0.0496. The van der Waals surface area contributed by atoms with Gasteiger partial charge in [-0.2, -0.15) is 4.31 Å². The number of aliphatic hydroxyl groups excluding tert-OH is 1. The number of carbonyl (C=O) groups is 2. The Balaban J connectivity index is 1.50. The first kappa shape index (κ1) is 37.4. The zero-order valence-corrected chi connectivity index (χ0v) is 29.5. The van der Waals surface area contributed by atoms with Crippen LogP contribution in [-0.4, -0.2) is 112 Å². The van der Waals surface area contributed by atoms with E-state index in [1.54, 1.807) is 40.0 Å². The first-order valence-electron chi connectivity index (χ1n) is 16.1. The van der Waals surface area contributed by atoms with Gasteiger partial charge in [-0.05, 0) is 62.9 Å². The van der Waals surface area contributed by atoms with Gasteiger partial charge in [0.2, 0.25) is 10.0 Å². The second-order valence-electron chi connectivity index (χ2n) is 13.6. The van der Waals surface area contributed by atoms with Crippen LogP contribution in [-0.2, 0) is 35.4 Å². The van der Waals surface area contributed by atoms with Gasteiger partial charge in [0.1, 0.15) is 17.5 Å². The van der Waals surface area contributed by atoms with E-state index >= 15 is 0 Å². The molecule has 2 aliphatic heterocycles. The van der Waals surface area contributed by atoms with Crippen LogP contribution < -0.4 is 10.1 Å². The molecule has 2 fully saturated rings. The molecule has 0 aliphatic carbocycles. The van der Waals surface area contributed by atoms with E-state index < -0.39 is 64.3 Å². The van der Waals surface area contributed by atoms with Crippen molar-refractivity contribution in [2.75, 3.05) is 40.5 Å². The summed E-state index contributed by atoms with van der Waals surface area (Å²) in [6, 6.07) is 13.9. The molecule has 0 aromatic heterocycles. The van der Waals surface area contributed by atoms with Gasteiger partial charge in [0.25, 0.3) is 0 Å². The van der Waals surface area contributed by atoms with E-state index in [2.05, 4.69) is 5.32 Å². The zero-order chi connectivity index (χ0) is 35.2. The number of carbonyl (C=O) groups excluding carboxylic acids is 2. The molecule has 2 aromatic rings. The molecule has 0 bridgehead atoms.